The molecule has 4 rings (SSSR count). The number of carbonyl (C=O) groups excluding carboxylic acids is 1. The van der Waals surface area contributed by atoms with Crippen LogP contribution in [0.5, 0.6) is 5.88 Å². The Hall–Kier alpha value is -4.28. The Morgan fingerprint density at radius 3 is 2.26 bits per heavy atom. The lowest BCUT2D eigenvalue weighted by Crippen LogP contribution is -2.34. The van der Waals surface area contributed by atoms with Gasteiger partial charge in [-0.15, -0.1) is 0 Å². The molecule has 3 aromatic carbocycles. The Kier molecular flexibility index (Phi) is 9.59. The molecule has 0 fully saturated rings. The van der Waals surface area contributed by atoms with Crippen molar-refractivity contribution in [2.24, 2.45) is 0 Å². The molecule has 2 N–H and O–H groups in total. The minimum Gasteiger partial charge on any atom is -0.492 e. The van der Waals surface area contributed by atoms with Gasteiger partial charge in [0.1, 0.15) is 12.4 Å². The molecular weight excluding hydrogens is 554 g/mol. The quantitative estimate of drug-likeness (QED) is 0.260. The van der Waals surface area contributed by atoms with Crippen LogP contribution >= 0.6 is 0 Å². The molecular formula is C32H35N3O6S. The van der Waals surface area contributed by atoms with Gasteiger partial charge in [0.05, 0.1) is 23.5 Å². The third kappa shape index (κ3) is 6.45. The van der Waals surface area contributed by atoms with Crippen LogP contribution in [0.15, 0.2) is 93.4 Å². The summed E-state index contributed by atoms with van der Waals surface area (Å²) in [4.78, 5) is 29.2. The lowest BCUT2D eigenvalue weighted by atomic mass is 9.97. The predicted molar refractivity (Wildman–Crippen MR) is 160 cm³/mol. The van der Waals surface area contributed by atoms with Gasteiger partial charge in [0, 0.05) is 7.05 Å². The first-order chi connectivity index (χ1) is 20.1. The van der Waals surface area contributed by atoms with Gasteiger partial charge in [0.15, 0.2) is 4.90 Å². The SMILES string of the molecule is CC[C@@H](c1ccccc1)n1c(COC(C)C)nc(O)c(S(=O)(=O)c2ccc(-c3ccccc3CC(=O)NC)cc2)c1=O. The number of hydrogen-bond donors (Lipinski definition) is 2. The van der Waals surface area contributed by atoms with Gasteiger partial charge < -0.3 is 15.2 Å². The van der Waals surface area contributed by atoms with Gasteiger partial charge in [0.2, 0.25) is 21.6 Å². The van der Waals surface area contributed by atoms with Crippen LogP contribution in [-0.2, 0) is 32.4 Å². The Balaban J connectivity index is 1.82. The average molecular weight is 590 g/mol. The number of hydrogen-bond acceptors (Lipinski definition) is 7. The topological polar surface area (TPSA) is 128 Å². The van der Waals surface area contributed by atoms with Crippen LogP contribution in [0.2, 0.25) is 0 Å². The highest BCUT2D eigenvalue weighted by molar-refractivity contribution is 7.91. The van der Waals surface area contributed by atoms with Gasteiger partial charge in [-0.25, -0.2) is 8.42 Å². The smallest absolute Gasteiger partial charge is 0.277 e. The molecule has 220 valence electrons. The Labute approximate surface area is 245 Å². The fourth-order valence-corrected chi connectivity index (χ4v) is 6.18. The molecule has 0 aliphatic carbocycles. The van der Waals surface area contributed by atoms with Crippen molar-refractivity contribution < 1.29 is 23.1 Å². The minimum absolute atomic E-state index is 0.0890. The van der Waals surface area contributed by atoms with Crippen molar-refractivity contribution in [2.75, 3.05) is 7.05 Å². The van der Waals surface area contributed by atoms with E-state index >= 15 is 0 Å². The maximum Gasteiger partial charge on any atom is 0.277 e. The molecule has 42 heavy (non-hydrogen) atoms. The number of nitrogens with one attached hydrogen (secondary N) is 1. The van der Waals surface area contributed by atoms with Crippen LogP contribution < -0.4 is 10.9 Å². The second-order valence-electron chi connectivity index (χ2n) is 10.1. The van der Waals surface area contributed by atoms with E-state index in [2.05, 4.69) is 10.3 Å². The highest BCUT2D eigenvalue weighted by Crippen LogP contribution is 2.31. The highest BCUT2D eigenvalue weighted by Gasteiger charge is 2.32. The molecule has 0 unspecified atom stereocenters. The number of likely N-dealkylation sites (N-methyl/N-ethyl adjacent to an activating group) is 1. The van der Waals surface area contributed by atoms with E-state index < -0.39 is 32.2 Å². The van der Waals surface area contributed by atoms with Crippen molar-refractivity contribution >= 4 is 15.7 Å². The zero-order valence-corrected chi connectivity index (χ0v) is 24.9. The van der Waals surface area contributed by atoms with E-state index in [9.17, 15) is 23.1 Å². The van der Waals surface area contributed by atoms with Crippen LogP contribution in [0.1, 0.15) is 50.2 Å². The number of ether oxygens (including phenoxy) is 1. The van der Waals surface area contributed by atoms with Crippen molar-refractivity contribution in [1.82, 2.24) is 14.9 Å². The first-order valence-electron chi connectivity index (χ1n) is 13.7. The zero-order chi connectivity index (χ0) is 30.4. The van der Waals surface area contributed by atoms with E-state index in [1.807, 2.05) is 75.4 Å². The first kappa shape index (κ1) is 30.7. The summed E-state index contributed by atoms with van der Waals surface area (Å²) >= 11 is 0. The zero-order valence-electron chi connectivity index (χ0n) is 24.1. The fraction of sp³-hybridized carbons (Fsp3) is 0.281. The molecule has 0 spiro atoms. The van der Waals surface area contributed by atoms with E-state index in [0.717, 1.165) is 16.7 Å². The molecule has 0 saturated heterocycles. The monoisotopic (exact) mass is 589 g/mol. The summed E-state index contributed by atoms with van der Waals surface area (Å²) in [7, 11) is -2.91. The van der Waals surface area contributed by atoms with Crippen LogP contribution in [0.4, 0.5) is 0 Å². The van der Waals surface area contributed by atoms with Gasteiger partial charge in [-0.1, -0.05) is 73.7 Å². The van der Waals surface area contributed by atoms with E-state index in [0.29, 0.717) is 12.0 Å². The second-order valence-corrected chi connectivity index (χ2v) is 12.0. The molecule has 1 amide bonds. The van der Waals surface area contributed by atoms with Crippen molar-refractivity contribution in [3.8, 4) is 17.0 Å². The van der Waals surface area contributed by atoms with Gasteiger partial charge in [-0.05, 0) is 54.7 Å². The van der Waals surface area contributed by atoms with Crippen LogP contribution in [0.25, 0.3) is 11.1 Å². The van der Waals surface area contributed by atoms with Crippen molar-refractivity contribution in [2.45, 2.75) is 62.2 Å². The van der Waals surface area contributed by atoms with Crippen molar-refractivity contribution in [3.63, 3.8) is 0 Å². The van der Waals surface area contributed by atoms with Crippen LogP contribution in [0.3, 0.4) is 0 Å². The molecule has 0 saturated carbocycles. The van der Waals surface area contributed by atoms with Gasteiger partial charge in [-0.3, -0.25) is 14.2 Å². The van der Waals surface area contributed by atoms with E-state index in [-0.39, 0.29) is 35.8 Å². The maximum absolute atomic E-state index is 14.0. The summed E-state index contributed by atoms with van der Waals surface area (Å²) in [6.07, 6.45) is 0.450. The predicted octanol–water partition coefficient (Wildman–Crippen LogP) is 4.66. The van der Waals surface area contributed by atoms with Crippen molar-refractivity contribution in [1.29, 1.82) is 0 Å². The van der Waals surface area contributed by atoms with Gasteiger partial charge >= 0.3 is 0 Å². The normalized spacial score (nSPS) is 12.3. The maximum atomic E-state index is 14.0. The average Bonchev–Trinajstić information content (AvgIpc) is 2.98. The number of amides is 1. The van der Waals surface area contributed by atoms with E-state index in [1.54, 1.807) is 19.2 Å². The first-order valence-corrected chi connectivity index (χ1v) is 15.2. The standard InChI is InChI=1S/C32H35N3O6S/c1-5-27(23-11-7-6-8-12-23)35-28(20-41-21(2)3)34-31(37)30(32(35)38)42(39,40)25-17-15-22(16-18-25)26-14-10-9-13-24(26)19-29(36)33-4/h6-18,21,27,37H,5,19-20H2,1-4H3,(H,33,36)/t27-/m0/s1. The number of sulfone groups is 1. The van der Waals surface area contributed by atoms with Gasteiger partial charge in [0.25, 0.3) is 5.56 Å². The molecule has 0 aliphatic rings. The molecule has 1 aromatic heterocycles. The summed E-state index contributed by atoms with van der Waals surface area (Å²) in [6.45, 7) is 5.46. The third-order valence-electron chi connectivity index (χ3n) is 6.95. The van der Waals surface area contributed by atoms with Crippen LogP contribution in [-0.4, -0.2) is 42.1 Å². The summed E-state index contributed by atoms with van der Waals surface area (Å²) in [6, 6.07) is 22.1. The lowest BCUT2D eigenvalue weighted by Gasteiger charge is -2.23. The lowest BCUT2D eigenvalue weighted by molar-refractivity contribution is -0.119. The Bertz CT molecular complexity index is 1720. The molecule has 1 heterocycles. The summed E-state index contributed by atoms with van der Waals surface area (Å²) < 4.78 is 34.7. The number of carbonyl (C=O) groups is 1. The van der Waals surface area contributed by atoms with Gasteiger partial charge in [-0.2, -0.15) is 4.98 Å². The number of benzene rings is 3. The molecule has 0 bridgehead atoms. The molecule has 10 heteroatoms. The number of aromatic nitrogens is 2. The molecule has 9 nitrogen and oxygen atoms in total. The number of rotatable bonds is 11. The summed E-state index contributed by atoms with van der Waals surface area (Å²) in [5, 5.41) is 13.5. The third-order valence-corrected chi connectivity index (χ3v) is 8.74. The van der Waals surface area contributed by atoms with Crippen molar-refractivity contribution in [3.05, 3.63) is 106 Å². The fourth-order valence-electron chi connectivity index (χ4n) is 4.84. The molecule has 0 radical (unpaired) electrons. The largest absolute Gasteiger partial charge is 0.492 e. The number of aromatic hydroxyl groups is 1. The molecule has 0 aliphatic heterocycles. The minimum atomic E-state index is -4.48. The molecule has 4 aromatic rings. The van der Waals surface area contributed by atoms with E-state index in [4.69, 9.17) is 4.74 Å². The summed E-state index contributed by atoms with van der Waals surface area (Å²) in [5.41, 5.74) is 2.18. The van der Waals surface area contributed by atoms with E-state index in [1.165, 1.54) is 16.7 Å². The molecule has 1 atom stereocenters. The summed E-state index contributed by atoms with van der Waals surface area (Å²) in [5.74, 6) is -0.894. The number of nitrogens with zero attached hydrogens (tertiary/aromatic N) is 2. The second kappa shape index (κ2) is 13.1. The highest BCUT2D eigenvalue weighted by atomic mass is 32.2. The Morgan fingerprint density at radius 2 is 1.64 bits per heavy atom. The van der Waals surface area contributed by atoms with Crippen LogP contribution in [0, 0.1) is 0 Å². The Morgan fingerprint density at radius 1 is 1.00 bits per heavy atom.